The van der Waals surface area contributed by atoms with Gasteiger partial charge in [0.05, 0.1) is 11.7 Å². The zero-order valence-corrected chi connectivity index (χ0v) is 13.1. The predicted octanol–water partition coefficient (Wildman–Crippen LogP) is 3.73. The highest BCUT2D eigenvalue weighted by Gasteiger charge is 2.30. The highest BCUT2D eigenvalue weighted by molar-refractivity contribution is 5.94. The van der Waals surface area contributed by atoms with Gasteiger partial charge in [-0.25, -0.2) is 0 Å². The molecule has 6 heteroatoms. The van der Waals surface area contributed by atoms with Crippen LogP contribution < -0.4 is 5.32 Å². The summed E-state index contributed by atoms with van der Waals surface area (Å²) in [7, 11) is 0. The highest BCUT2D eigenvalue weighted by atomic mass is 19.4. The van der Waals surface area contributed by atoms with Crippen LogP contribution in [0.5, 0.6) is 0 Å². The van der Waals surface area contributed by atoms with E-state index in [-0.39, 0.29) is 12.5 Å². The molecule has 1 amide bonds. The number of hydrogen-bond donors (Lipinski definition) is 2. The molecule has 2 aromatic rings. The lowest BCUT2D eigenvalue weighted by atomic mass is 10.1. The van der Waals surface area contributed by atoms with E-state index in [1.54, 1.807) is 12.1 Å². The number of amides is 1. The molecule has 1 atom stereocenters. The van der Waals surface area contributed by atoms with E-state index in [0.29, 0.717) is 11.1 Å². The van der Waals surface area contributed by atoms with Gasteiger partial charge in [0.1, 0.15) is 0 Å². The molecule has 1 unspecified atom stereocenters. The maximum absolute atomic E-state index is 12.5. The van der Waals surface area contributed by atoms with E-state index in [9.17, 15) is 23.1 Å². The molecule has 0 aliphatic rings. The Kier molecular flexibility index (Phi) is 5.62. The van der Waals surface area contributed by atoms with Gasteiger partial charge in [-0.1, -0.05) is 31.2 Å². The molecule has 0 spiro atoms. The van der Waals surface area contributed by atoms with Crippen LogP contribution in [0.15, 0.2) is 48.5 Å². The average Bonchev–Trinajstić information content (AvgIpc) is 2.58. The molecule has 2 rings (SSSR count). The fourth-order valence-corrected chi connectivity index (χ4v) is 2.20. The van der Waals surface area contributed by atoms with Gasteiger partial charge in [-0.05, 0) is 41.8 Å². The summed E-state index contributed by atoms with van der Waals surface area (Å²) in [4.78, 5) is 12.0. The number of aliphatic hydroxyl groups is 1. The lowest BCUT2D eigenvalue weighted by Gasteiger charge is -2.14. The molecule has 0 fully saturated rings. The van der Waals surface area contributed by atoms with Gasteiger partial charge >= 0.3 is 6.18 Å². The van der Waals surface area contributed by atoms with Gasteiger partial charge in [0.15, 0.2) is 0 Å². The Labute approximate surface area is 138 Å². The standard InChI is InChI=1S/C18H18F3NO2/c1-2-12-3-5-14(6-4-12)17(24)22-11-16(23)13-7-9-15(10-8-13)18(19,20)21/h3-10,16,23H,2,11H2,1H3,(H,22,24). The normalized spacial score (nSPS) is 12.7. The van der Waals surface area contributed by atoms with E-state index < -0.39 is 17.8 Å². The van der Waals surface area contributed by atoms with Gasteiger partial charge in [-0.15, -0.1) is 0 Å². The van der Waals surface area contributed by atoms with Gasteiger partial charge in [0.25, 0.3) is 5.91 Å². The molecule has 0 radical (unpaired) electrons. The Hall–Kier alpha value is -2.34. The number of benzene rings is 2. The second-order valence-electron chi connectivity index (χ2n) is 5.40. The molecular formula is C18H18F3NO2. The van der Waals surface area contributed by atoms with Crippen LogP contribution in [0.4, 0.5) is 13.2 Å². The van der Waals surface area contributed by atoms with Crippen molar-refractivity contribution in [1.29, 1.82) is 0 Å². The summed E-state index contributed by atoms with van der Waals surface area (Å²) in [6, 6.07) is 11.3. The number of nitrogens with one attached hydrogen (secondary N) is 1. The van der Waals surface area contributed by atoms with Crippen molar-refractivity contribution in [3.63, 3.8) is 0 Å². The van der Waals surface area contributed by atoms with Gasteiger partial charge in [-0.2, -0.15) is 13.2 Å². The first-order valence-electron chi connectivity index (χ1n) is 7.53. The quantitative estimate of drug-likeness (QED) is 0.873. The van der Waals surface area contributed by atoms with Crippen molar-refractivity contribution >= 4 is 5.91 Å². The van der Waals surface area contributed by atoms with Crippen LogP contribution in [0.25, 0.3) is 0 Å². The van der Waals surface area contributed by atoms with Gasteiger partial charge < -0.3 is 10.4 Å². The van der Waals surface area contributed by atoms with Gasteiger partial charge in [0.2, 0.25) is 0 Å². The Morgan fingerprint density at radius 2 is 1.67 bits per heavy atom. The maximum Gasteiger partial charge on any atom is 0.416 e. The summed E-state index contributed by atoms with van der Waals surface area (Å²) >= 11 is 0. The molecule has 3 nitrogen and oxygen atoms in total. The molecule has 0 aliphatic heterocycles. The van der Waals surface area contributed by atoms with Crippen LogP contribution in [0.2, 0.25) is 0 Å². The summed E-state index contributed by atoms with van der Waals surface area (Å²) < 4.78 is 37.5. The van der Waals surface area contributed by atoms with Crippen molar-refractivity contribution in [3.05, 3.63) is 70.8 Å². The van der Waals surface area contributed by atoms with Crippen LogP contribution in [-0.2, 0) is 12.6 Å². The monoisotopic (exact) mass is 337 g/mol. The highest BCUT2D eigenvalue weighted by Crippen LogP contribution is 2.29. The number of carbonyl (C=O) groups excluding carboxylic acids is 1. The number of aryl methyl sites for hydroxylation is 1. The van der Waals surface area contributed by atoms with Crippen LogP contribution in [0.3, 0.4) is 0 Å². The lowest BCUT2D eigenvalue weighted by molar-refractivity contribution is -0.137. The Balaban J connectivity index is 1.94. The van der Waals surface area contributed by atoms with Crippen LogP contribution >= 0.6 is 0 Å². The summed E-state index contributed by atoms with van der Waals surface area (Å²) in [6.45, 7) is 1.93. The first-order valence-corrected chi connectivity index (χ1v) is 7.53. The average molecular weight is 337 g/mol. The number of hydrogen-bond acceptors (Lipinski definition) is 2. The van der Waals surface area contributed by atoms with E-state index in [1.807, 2.05) is 19.1 Å². The fourth-order valence-electron chi connectivity index (χ4n) is 2.20. The minimum Gasteiger partial charge on any atom is -0.387 e. The van der Waals surface area contributed by atoms with Crippen LogP contribution in [-0.4, -0.2) is 17.6 Å². The van der Waals surface area contributed by atoms with Crippen molar-refractivity contribution in [2.24, 2.45) is 0 Å². The Morgan fingerprint density at radius 3 is 2.17 bits per heavy atom. The second kappa shape index (κ2) is 7.49. The predicted molar refractivity (Wildman–Crippen MR) is 84.6 cm³/mol. The van der Waals surface area contributed by atoms with Gasteiger partial charge in [0, 0.05) is 12.1 Å². The second-order valence-corrected chi connectivity index (χ2v) is 5.40. The molecule has 128 valence electrons. The van der Waals surface area contributed by atoms with E-state index >= 15 is 0 Å². The minimum atomic E-state index is -4.41. The molecule has 0 aliphatic carbocycles. The molecule has 0 aromatic heterocycles. The van der Waals surface area contributed by atoms with E-state index in [4.69, 9.17) is 0 Å². The number of rotatable bonds is 5. The zero-order valence-electron chi connectivity index (χ0n) is 13.1. The summed E-state index contributed by atoms with van der Waals surface area (Å²) in [5.41, 5.74) is 1.10. The fraction of sp³-hybridized carbons (Fsp3) is 0.278. The summed E-state index contributed by atoms with van der Waals surface area (Å²) in [5, 5.41) is 12.6. The van der Waals surface area contributed by atoms with E-state index in [1.165, 1.54) is 12.1 Å². The molecular weight excluding hydrogens is 319 g/mol. The van der Waals surface area contributed by atoms with Crippen LogP contribution in [0, 0.1) is 0 Å². The molecule has 0 heterocycles. The minimum absolute atomic E-state index is 0.0836. The molecule has 2 aromatic carbocycles. The molecule has 24 heavy (non-hydrogen) atoms. The van der Waals surface area contributed by atoms with Gasteiger partial charge in [-0.3, -0.25) is 4.79 Å². The SMILES string of the molecule is CCc1ccc(C(=O)NCC(O)c2ccc(C(F)(F)F)cc2)cc1. The molecule has 2 N–H and O–H groups in total. The van der Waals surface area contributed by atoms with Crippen molar-refractivity contribution in [2.45, 2.75) is 25.6 Å². The van der Waals surface area contributed by atoms with Crippen LogP contribution in [0.1, 0.15) is 40.1 Å². The molecule has 0 saturated carbocycles. The molecule has 0 bridgehead atoms. The number of carbonyl (C=O) groups is 1. The van der Waals surface area contributed by atoms with Crippen molar-refractivity contribution in [2.75, 3.05) is 6.54 Å². The van der Waals surface area contributed by atoms with E-state index in [0.717, 1.165) is 24.1 Å². The third-order valence-electron chi connectivity index (χ3n) is 3.70. The number of alkyl halides is 3. The maximum atomic E-state index is 12.5. The first kappa shape index (κ1) is 18.0. The topological polar surface area (TPSA) is 49.3 Å². The van der Waals surface area contributed by atoms with Crippen molar-refractivity contribution in [1.82, 2.24) is 5.32 Å². The third kappa shape index (κ3) is 4.58. The number of halogens is 3. The van der Waals surface area contributed by atoms with Crippen molar-refractivity contribution < 1.29 is 23.1 Å². The largest absolute Gasteiger partial charge is 0.416 e. The lowest BCUT2D eigenvalue weighted by Crippen LogP contribution is -2.28. The third-order valence-corrected chi connectivity index (χ3v) is 3.70. The van der Waals surface area contributed by atoms with E-state index in [2.05, 4.69) is 5.32 Å². The summed E-state index contributed by atoms with van der Waals surface area (Å²) in [6.07, 6.45) is -4.62. The Bertz CT molecular complexity index is 679. The number of aliphatic hydroxyl groups excluding tert-OH is 1. The van der Waals surface area contributed by atoms with Crippen molar-refractivity contribution in [3.8, 4) is 0 Å². The zero-order chi connectivity index (χ0) is 17.7. The summed E-state index contributed by atoms with van der Waals surface area (Å²) in [5.74, 6) is -0.344. The molecule has 0 saturated heterocycles. The Morgan fingerprint density at radius 1 is 1.08 bits per heavy atom. The smallest absolute Gasteiger partial charge is 0.387 e. The first-order chi connectivity index (χ1) is 11.3.